The van der Waals surface area contributed by atoms with Crippen LogP contribution in [0.15, 0.2) is 0 Å². The third kappa shape index (κ3) is 5.65. The number of aliphatic hydroxyl groups excluding tert-OH is 1. The van der Waals surface area contributed by atoms with Crippen LogP contribution in [0.1, 0.15) is 45.4 Å². The molecule has 0 saturated heterocycles. The minimum absolute atomic E-state index is 0.00446. The topological polar surface area (TPSA) is 196 Å². The number of aliphatic carboxylic acids is 2. The summed E-state index contributed by atoms with van der Waals surface area (Å²) in [4.78, 5) is 58.5. The molecule has 0 aromatic rings. The van der Waals surface area contributed by atoms with Crippen LogP contribution in [-0.2, 0) is 19.2 Å². The summed E-state index contributed by atoms with van der Waals surface area (Å²) >= 11 is 0. The molecule has 0 spiro atoms. The van der Waals surface area contributed by atoms with Crippen molar-refractivity contribution in [2.75, 3.05) is 0 Å². The Morgan fingerprint density at radius 3 is 1.93 bits per heavy atom. The highest BCUT2D eigenvalue weighted by Gasteiger charge is 2.44. The van der Waals surface area contributed by atoms with E-state index in [9.17, 15) is 44.6 Å². The molecule has 7 atom stereocenters. The van der Waals surface area contributed by atoms with E-state index in [0.717, 1.165) is 0 Å². The van der Waals surface area contributed by atoms with E-state index >= 15 is 0 Å². The molecule has 7 unspecified atom stereocenters. The van der Waals surface area contributed by atoms with Gasteiger partial charge in [-0.2, -0.15) is 0 Å². The van der Waals surface area contributed by atoms with Crippen molar-refractivity contribution in [2.24, 2.45) is 23.7 Å². The Bertz CT molecular complexity index is 713. The molecule has 2 aliphatic rings. The Balaban J connectivity index is 1.99. The van der Waals surface area contributed by atoms with E-state index in [1.54, 1.807) is 0 Å². The highest BCUT2D eigenvalue weighted by Crippen LogP contribution is 2.33. The van der Waals surface area contributed by atoms with Crippen molar-refractivity contribution >= 4 is 23.8 Å². The van der Waals surface area contributed by atoms with Gasteiger partial charge in [-0.3, -0.25) is 29.3 Å². The lowest BCUT2D eigenvalue weighted by atomic mass is 9.76. The van der Waals surface area contributed by atoms with Crippen LogP contribution in [-0.4, -0.2) is 62.3 Å². The molecule has 12 heteroatoms. The van der Waals surface area contributed by atoms with Gasteiger partial charge in [-0.15, -0.1) is 0 Å². The Morgan fingerprint density at radius 2 is 1.40 bits per heavy atom. The number of carboxylic acid groups (broad SMARTS) is 2. The lowest BCUT2D eigenvalue weighted by molar-refractivity contribution is -0.528. The van der Waals surface area contributed by atoms with Gasteiger partial charge in [-0.25, -0.2) is 0 Å². The lowest BCUT2D eigenvalue weighted by Crippen LogP contribution is -2.53. The van der Waals surface area contributed by atoms with Crippen LogP contribution in [0.25, 0.3) is 0 Å². The largest absolute Gasteiger partial charge is 0.481 e. The highest BCUT2D eigenvalue weighted by molar-refractivity contribution is 5.87. The zero-order chi connectivity index (χ0) is 22.6. The van der Waals surface area contributed by atoms with E-state index in [2.05, 4.69) is 10.6 Å². The maximum Gasteiger partial charge on any atom is 0.307 e. The fraction of sp³-hybridized carbons (Fsp3) is 0.778. The van der Waals surface area contributed by atoms with Gasteiger partial charge in [0.25, 0.3) is 0 Å². The molecule has 2 rings (SSSR count). The number of amides is 2. The molecule has 2 fully saturated rings. The molecule has 0 aliphatic heterocycles. The second-order valence-electron chi connectivity index (χ2n) is 8.06. The third-order valence-corrected chi connectivity index (χ3v) is 5.97. The lowest BCUT2D eigenvalue weighted by Gasteiger charge is -2.32. The van der Waals surface area contributed by atoms with Crippen LogP contribution in [0, 0.1) is 33.8 Å². The fourth-order valence-corrected chi connectivity index (χ4v) is 4.34. The minimum Gasteiger partial charge on any atom is -0.481 e. The number of carbonyl (C=O) groups is 4. The average Bonchev–Trinajstić information content (AvgIpc) is 2.66. The van der Waals surface area contributed by atoms with Crippen LogP contribution in [0.3, 0.4) is 0 Å². The van der Waals surface area contributed by atoms with Crippen LogP contribution >= 0.6 is 0 Å². The van der Waals surface area contributed by atoms with Crippen molar-refractivity contribution in [3.05, 3.63) is 10.1 Å². The molecule has 0 radical (unpaired) electrons. The van der Waals surface area contributed by atoms with Gasteiger partial charge in [-0.1, -0.05) is 0 Å². The standard InChI is InChI=1S/C18H27N3O9/c1-8(19-15(23)11-5-3-10(22)7-14(11)18(27)28)20-16(24)13-6-9(21(29)30)2-4-12(13)17(25)26/h8-14,22H,2-7H2,1H3,(H,19,23)(H,20,24)(H,25,26)(H,27,28). The SMILES string of the molecule is CC(NC(=O)C1CCC(O)CC1C(=O)O)NC(=O)C1CC([N+](=O)[O-])CCC1C(=O)O. The quantitative estimate of drug-likeness (QED) is 0.203. The van der Waals surface area contributed by atoms with Gasteiger partial charge in [0.2, 0.25) is 17.9 Å². The fourth-order valence-electron chi connectivity index (χ4n) is 4.34. The molecule has 0 aromatic carbocycles. The maximum atomic E-state index is 12.6. The van der Waals surface area contributed by atoms with Gasteiger partial charge in [0.15, 0.2) is 0 Å². The van der Waals surface area contributed by atoms with Gasteiger partial charge >= 0.3 is 11.9 Å². The first-order valence-electron chi connectivity index (χ1n) is 9.89. The number of rotatable bonds is 7. The molecule has 0 heterocycles. The van der Waals surface area contributed by atoms with Gasteiger partial charge < -0.3 is 26.0 Å². The summed E-state index contributed by atoms with van der Waals surface area (Å²) in [5, 5.41) is 44.3. The van der Waals surface area contributed by atoms with Crippen molar-refractivity contribution in [1.29, 1.82) is 0 Å². The van der Waals surface area contributed by atoms with Crippen LogP contribution in [0.2, 0.25) is 0 Å². The summed E-state index contributed by atoms with van der Waals surface area (Å²) in [6.45, 7) is 1.44. The molecule has 2 aliphatic carbocycles. The molecule has 2 saturated carbocycles. The molecule has 12 nitrogen and oxygen atoms in total. The Hall–Kier alpha value is -2.76. The first-order chi connectivity index (χ1) is 14.0. The van der Waals surface area contributed by atoms with Crippen LogP contribution in [0.4, 0.5) is 0 Å². The summed E-state index contributed by atoms with van der Waals surface area (Å²) in [5.41, 5.74) is 0. The zero-order valence-electron chi connectivity index (χ0n) is 16.5. The van der Waals surface area contributed by atoms with Gasteiger partial charge in [0.1, 0.15) is 0 Å². The Kier molecular flexibility index (Phi) is 7.71. The molecule has 2 amide bonds. The molecular formula is C18H27N3O9. The van der Waals surface area contributed by atoms with Crippen molar-refractivity contribution in [1.82, 2.24) is 10.6 Å². The van der Waals surface area contributed by atoms with E-state index in [1.807, 2.05) is 0 Å². The molecular weight excluding hydrogens is 402 g/mol. The zero-order valence-corrected chi connectivity index (χ0v) is 16.5. The van der Waals surface area contributed by atoms with Crippen molar-refractivity contribution in [2.45, 2.75) is 63.8 Å². The summed E-state index contributed by atoms with van der Waals surface area (Å²) in [5.74, 6) is -7.79. The van der Waals surface area contributed by atoms with Gasteiger partial charge in [-0.05, 0) is 32.6 Å². The first kappa shape index (κ1) is 23.5. The molecule has 0 bridgehead atoms. The Labute approximate surface area is 172 Å². The average molecular weight is 429 g/mol. The number of hydrogen-bond acceptors (Lipinski definition) is 7. The first-order valence-corrected chi connectivity index (χ1v) is 9.89. The molecule has 0 aromatic heterocycles. The molecule has 5 N–H and O–H groups in total. The summed E-state index contributed by atoms with van der Waals surface area (Å²) in [6.07, 6.45) is -1.43. The van der Waals surface area contributed by atoms with E-state index < -0.39 is 70.7 Å². The van der Waals surface area contributed by atoms with Crippen molar-refractivity contribution < 1.29 is 39.4 Å². The van der Waals surface area contributed by atoms with E-state index in [4.69, 9.17) is 0 Å². The number of carbonyl (C=O) groups excluding carboxylic acids is 2. The number of nitrogens with one attached hydrogen (secondary N) is 2. The number of nitro groups is 1. The monoisotopic (exact) mass is 429 g/mol. The third-order valence-electron chi connectivity index (χ3n) is 5.97. The summed E-state index contributed by atoms with van der Waals surface area (Å²) in [7, 11) is 0. The Morgan fingerprint density at radius 1 is 0.867 bits per heavy atom. The van der Waals surface area contributed by atoms with Gasteiger partial charge in [0.05, 0.1) is 35.9 Å². The summed E-state index contributed by atoms with van der Waals surface area (Å²) < 4.78 is 0. The normalized spacial score (nSPS) is 32.5. The summed E-state index contributed by atoms with van der Waals surface area (Å²) in [6, 6.07) is -1.01. The van der Waals surface area contributed by atoms with E-state index in [0.29, 0.717) is 0 Å². The predicted octanol–water partition coefficient (Wildman–Crippen LogP) is -0.427. The predicted molar refractivity (Wildman–Crippen MR) is 99.5 cm³/mol. The number of hydrogen-bond donors (Lipinski definition) is 5. The minimum atomic E-state index is -1.21. The second kappa shape index (κ2) is 9.83. The maximum absolute atomic E-state index is 12.6. The smallest absolute Gasteiger partial charge is 0.307 e. The second-order valence-corrected chi connectivity index (χ2v) is 8.06. The van der Waals surface area contributed by atoms with Crippen LogP contribution < -0.4 is 10.6 Å². The highest BCUT2D eigenvalue weighted by atomic mass is 16.6. The van der Waals surface area contributed by atoms with Crippen LogP contribution in [0.5, 0.6) is 0 Å². The van der Waals surface area contributed by atoms with E-state index in [1.165, 1.54) is 6.92 Å². The molecule has 30 heavy (non-hydrogen) atoms. The number of aliphatic hydroxyl groups is 1. The molecule has 168 valence electrons. The number of nitrogens with zero attached hydrogens (tertiary/aromatic N) is 1. The van der Waals surface area contributed by atoms with E-state index in [-0.39, 0.29) is 38.5 Å². The number of carboxylic acids is 2. The van der Waals surface area contributed by atoms with Crippen molar-refractivity contribution in [3.63, 3.8) is 0 Å². The van der Waals surface area contributed by atoms with Gasteiger partial charge in [0, 0.05) is 17.8 Å². The van der Waals surface area contributed by atoms with Crippen molar-refractivity contribution in [3.8, 4) is 0 Å².